The zero-order valence-electron chi connectivity index (χ0n) is 12.4. The molecule has 2 atom stereocenters. The van der Waals surface area contributed by atoms with Crippen LogP contribution in [0.5, 0.6) is 0 Å². The smallest absolute Gasteiger partial charge is 0.226 e. The van der Waals surface area contributed by atoms with Crippen LogP contribution in [0.15, 0.2) is 24.3 Å². The van der Waals surface area contributed by atoms with Gasteiger partial charge in [-0.15, -0.1) is 0 Å². The third-order valence-corrected chi connectivity index (χ3v) is 6.79. The van der Waals surface area contributed by atoms with Crippen LogP contribution in [-0.2, 0) is 21.1 Å². The number of amides is 1. The molecule has 2 aliphatic rings. The Morgan fingerprint density at radius 3 is 2.73 bits per heavy atom. The Balaban J connectivity index is 1.71. The van der Waals surface area contributed by atoms with Gasteiger partial charge in [-0.25, -0.2) is 8.42 Å². The Kier molecular flexibility index (Phi) is 4.46. The van der Waals surface area contributed by atoms with E-state index >= 15 is 0 Å². The third kappa shape index (κ3) is 3.30. The summed E-state index contributed by atoms with van der Waals surface area (Å²) in [4.78, 5) is 14.5. The third-order valence-electron chi connectivity index (χ3n) is 4.66. The molecular weight excluding hydrogens is 322 g/mol. The molecular formula is C16H20ClNO3S. The van der Waals surface area contributed by atoms with Crippen LogP contribution >= 0.6 is 11.6 Å². The quantitative estimate of drug-likeness (QED) is 0.847. The molecule has 0 unspecified atom stereocenters. The van der Waals surface area contributed by atoms with Gasteiger partial charge in [0.1, 0.15) is 0 Å². The number of benzene rings is 1. The molecule has 0 bridgehead atoms. The van der Waals surface area contributed by atoms with E-state index in [1.54, 1.807) is 0 Å². The molecule has 4 nitrogen and oxygen atoms in total. The molecule has 1 aromatic carbocycles. The highest BCUT2D eigenvalue weighted by atomic mass is 35.5. The second-order valence-corrected chi connectivity index (χ2v) is 8.86. The van der Waals surface area contributed by atoms with Crippen LogP contribution in [0.4, 0.5) is 0 Å². The van der Waals surface area contributed by atoms with Crippen molar-refractivity contribution in [2.45, 2.75) is 31.7 Å². The van der Waals surface area contributed by atoms with Crippen molar-refractivity contribution in [3.05, 3.63) is 34.9 Å². The van der Waals surface area contributed by atoms with Crippen LogP contribution in [0, 0.1) is 5.92 Å². The lowest BCUT2D eigenvalue weighted by Crippen LogP contribution is -2.41. The van der Waals surface area contributed by atoms with Crippen LogP contribution in [0.25, 0.3) is 0 Å². The van der Waals surface area contributed by atoms with Crippen molar-refractivity contribution >= 4 is 27.3 Å². The first-order valence-corrected chi connectivity index (χ1v) is 9.90. The SMILES string of the molecule is O=C([C@H]1CCS(=O)(=O)C1)N1CCC[C@H]1Cc1ccccc1Cl. The molecule has 0 spiro atoms. The lowest BCUT2D eigenvalue weighted by Gasteiger charge is -2.27. The van der Waals surface area contributed by atoms with Crippen LogP contribution in [0.1, 0.15) is 24.8 Å². The minimum atomic E-state index is -3.02. The van der Waals surface area contributed by atoms with Gasteiger partial charge in [-0.1, -0.05) is 29.8 Å². The molecule has 1 aromatic rings. The van der Waals surface area contributed by atoms with Crippen molar-refractivity contribution in [1.82, 2.24) is 4.90 Å². The maximum atomic E-state index is 12.6. The average Bonchev–Trinajstić information content (AvgIpc) is 3.07. The van der Waals surface area contributed by atoms with Crippen molar-refractivity contribution in [2.75, 3.05) is 18.1 Å². The highest BCUT2D eigenvalue weighted by Crippen LogP contribution is 2.29. The number of nitrogens with zero attached hydrogens (tertiary/aromatic N) is 1. The maximum absolute atomic E-state index is 12.6. The average molecular weight is 342 g/mol. The van der Waals surface area contributed by atoms with E-state index in [1.165, 1.54) is 0 Å². The van der Waals surface area contributed by atoms with Crippen LogP contribution in [-0.4, -0.2) is 43.3 Å². The van der Waals surface area contributed by atoms with E-state index in [9.17, 15) is 13.2 Å². The van der Waals surface area contributed by atoms with Gasteiger partial charge in [-0.2, -0.15) is 0 Å². The summed E-state index contributed by atoms with van der Waals surface area (Å²) in [7, 11) is -3.02. The van der Waals surface area contributed by atoms with Gasteiger partial charge >= 0.3 is 0 Å². The zero-order chi connectivity index (χ0) is 15.7. The van der Waals surface area contributed by atoms with Crippen molar-refractivity contribution < 1.29 is 13.2 Å². The molecule has 1 amide bonds. The molecule has 0 aliphatic carbocycles. The number of halogens is 1. The number of hydrogen-bond donors (Lipinski definition) is 0. The van der Waals surface area contributed by atoms with E-state index in [1.807, 2.05) is 29.2 Å². The van der Waals surface area contributed by atoms with Gasteiger partial charge in [0.15, 0.2) is 9.84 Å². The van der Waals surface area contributed by atoms with Crippen molar-refractivity contribution in [3.63, 3.8) is 0 Å². The summed E-state index contributed by atoms with van der Waals surface area (Å²) in [5.41, 5.74) is 1.05. The monoisotopic (exact) mass is 341 g/mol. The summed E-state index contributed by atoms with van der Waals surface area (Å²) < 4.78 is 23.2. The molecule has 2 fully saturated rings. The lowest BCUT2D eigenvalue weighted by atomic mass is 10.0. The largest absolute Gasteiger partial charge is 0.339 e. The molecule has 0 N–H and O–H groups in total. The van der Waals surface area contributed by atoms with Crippen LogP contribution in [0.3, 0.4) is 0 Å². The number of carbonyl (C=O) groups is 1. The molecule has 6 heteroatoms. The van der Waals surface area contributed by atoms with Crippen molar-refractivity contribution in [1.29, 1.82) is 0 Å². The summed E-state index contributed by atoms with van der Waals surface area (Å²) in [6, 6.07) is 7.83. The Hall–Kier alpha value is -1.07. The number of hydrogen-bond acceptors (Lipinski definition) is 3. The fourth-order valence-electron chi connectivity index (χ4n) is 3.48. The maximum Gasteiger partial charge on any atom is 0.226 e. The highest BCUT2D eigenvalue weighted by Gasteiger charge is 2.38. The first-order valence-electron chi connectivity index (χ1n) is 7.70. The van der Waals surface area contributed by atoms with Gasteiger partial charge < -0.3 is 4.90 Å². The standard InChI is InChI=1S/C16H20ClNO3S/c17-15-6-2-1-4-12(15)10-14-5-3-8-18(14)16(19)13-7-9-22(20,21)11-13/h1-2,4,6,13-14H,3,5,7-11H2/t13-,14-/m0/s1. The normalized spacial score (nSPS) is 27.2. The predicted octanol–water partition coefficient (Wildman–Crippen LogP) is 2.31. The fraction of sp³-hybridized carbons (Fsp3) is 0.562. The van der Waals surface area contributed by atoms with Crippen molar-refractivity contribution in [3.8, 4) is 0 Å². The lowest BCUT2D eigenvalue weighted by molar-refractivity contribution is -0.135. The Morgan fingerprint density at radius 1 is 1.27 bits per heavy atom. The summed E-state index contributed by atoms with van der Waals surface area (Å²) in [6.07, 6.45) is 3.14. The summed E-state index contributed by atoms with van der Waals surface area (Å²) in [5.74, 6) is -0.180. The van der Waals surface area contributed by atoms with Gasteiger partial charge in [0.2, 0.25) is 5.91 Å². The number of carbonyl (C=O) groups excluding carboxylic acids is 1. The minimum absolute atomic E-state index is 0.00984. The summed E-state index contributed by atoms with van der Waals surface area (Å²) in [6.45, 7) is 0.727. The van der Waals surface area contributed by atoms with Gasteiger partial charge in [-0.3, -0.25) is 4.79 Å². The van der Waals surface area contributed by atoms with Gasteiger partial charge in [0.25, 0.3) is 0 Å². The van der Waals surface area contributed by atoms with Crippen molar-refractivity contribution in [2.24, 2.45) is 5.92 Å². The fourth-order valence-corrected chi connectivity index (χ4v) is 5.43. The first kappa shape index (κ1) is 15.8. The molecule has 2 saturated heterocycles. The van der Waals surface area contributed by atoms with E-state index in [0.29, 0.717) is 6.42 Å². The molecule has 0 saturated carbocycles. The second-order valence-electron chi connectivity index (χ2n) is 6.22. The van der Waals surface area contributed by atoms with Crippen LogP contribution < -0.4 is 0 Å². The molecule has 2 heterocycles. The first-order chi connectivity index (χ1) is 10.5. The van der Waals surface area contributed by atoms with E-state index in [2.05, 4.69) is 0 Å². The number of sulfone groups is 1. The Morgan fingerprint density at radius 2 is 2.05 bits per heavy atom. The summed E-state index contributed by atoms with van der Waals surface area (Å²) >= 11 is 6.21. The molecule has 0 aromatic heterocycles. The molecule has 120 valence electrons. The van der Waals surface area contributed by atoms with Gasteiger partial charge in [0.05, 0.1) is 17.4 Å². The Labute approximate surface area is 136 Å². The minimum Gasteiger partial charge on any atom is -0.339 e. The second kappa shape index (κ2) is 6.20. The number of rotatable bonds is 3. The molecule has 0 radical (unpaired) electrons. The van der Waals surface area contributed by atoms with E-state index in [0.717, 1.165) is 36.4 Å². The topological polar surface area (TPSA) is 54.5 Å². The Bertz CT molecular complexity index is 674. The highest BCUT2D eigenvalue weighted by molar-refractivity contribution is 7.91. The molecule has 2 aliphatic heterocycles. The van der Waals surface area contributed by atoms with Crippen LogP contribution in [0.2, 0.25) is 5.02 Å². The summed E-state index contributed by atoms with van der Waals surface area (Å²) in [5, 5.41) is 0.727. The number of likely N-dealkylation sites (tertiary alicyclic amines) is 1. The van der Waals surface area contributed by atoms with Gasteiger partial charge in [-0.05, 0) is 37.3 Å². The van der Waals surface area contributed by atoms with E-state index in [-0.39, 0.29) is 29.4 Å². The molecule has 3 rings (SSSR count). The van der Waals surface area contributed by atoms with E-state index < -0.39 is 9.84 Å². The zero-order valence-corrected chi connectivity index (χ0v) is 13.9. The van der Waals surface area contributed by atoms with Gasteiger partial charge in [0, 0.05) is 17.6 Å². The van der Waals surface area contributed by atoms with E-state index in [4.69, 9.17) is 11.6 Å². The molecule has 22 heavy (non-hydrogen) atoms. The predicted molar refractivity (Wildman–Crippen MR) is 86.7 cm³/mol.